The van der Waals surface area contributed by atoms with Crippen LogP contribution in [0.2, 0.25) is 0 Å². The van der Waals surface area contributed by atoms with E-state index in [1.54, 1.807) is 0 Å². The lowest BCUT2D eigenvalue weighted by atomic mass is 9.95. The Labute approximate surface area is 286 Å². The van der Waals surface area contributed by atoms with Gasteiger partial charge in [-0.15, -0.1) is 0 Å². The summed E-state index contributed by atoms with van der Waals surface area (Å²) in [5.74, 6) is 0.894. The maximum atomic E-state index is 13.6. The van der Waals surface area contributed by atoms with E-state index in [-0.39, 0.29) is 17.9 Å². The zero-order chi connectivity index (χ0) is 33.6. The number of nitrogens with one attached hydrogen (secondary N) is 3. The summed E-state index contributed by atoms with van der Waals surface area (Å²) in [4.78, 5) is 40.9. The molecule has 4 heterocycles. The average Bonchev–Trinajstić information content (AvgIpc) is 3.94. The van der Waals surface area contributed by atoms with Crippen LogP contribution in [0.4, 0.5) is 10.5 Å². The number of methoxy groups -OCH3 is 1. The van der Waals surface area contributed by atoms with E-state index in [0.717, 1.165) is 65.2 Å². The van der Waals surface area contributed by atoms with Crippen LogP contribution in [0.5, 0.6) is 0 Å². The van der Waals surface area contributed by atoms with Gasteiger partial charge in [0.2, 0.25) is 5.91 Å². The van der Waals surface area contributed by atoms with Crippen molar-refractivity contribution in [3.05, 3.63) is 84.2 Å². The Morgan fingerprint density at radius 3 is 2.33 bits per heavy atom. The van der Waals surface area contributed by atoms with Gasteiger partial charge in [-0.3, -0.25) is 9.79 Å². The lowest BCUT2D eigenvalue weighted by Gasteiger charge is -2.30. The first-order valence-electron chi connectivity index (χ1n) is 17.5. The molecule has 0 saturated carbocycles. The van der Waals surface area contributed by atoms with Gasteiger partial charge in [-0.05, 0) is 113 Å². The van der Waals surface area contributed by atoms with Crippen molar-refractivity contribution in [1.82, 2.24) is 25.5 Å². The summed E-state index contributed by atoms with van der Waals surface area (Å²) in [5, 5.41) is 8.66. The normalized spacial score (nSPS) is 19.4. The number of carbonyl (C=O) groups is 2. The van der Waals surface area contributed by atoms with Gasteiger partial charge < -0.3 is 25.3 Å². The number of benzene rings is 4. The molecule has 3 N–H and O–H groups in total. The number of likely N-dealkylation sites (tertiary alicyclic amines) is 1. The molecule has 3 aliphatic heterocycles. The molecule has 1 aromatic heterocycles. The van der Waals surface area contributed by atoms with E-state index in [9.17, 15) is 9.59 Å². The number of hydrogen-bond donors (Lipinski definition) is 3. The van der Waals surface area contributed by atoms with Gasteiger partial charge in [-0.2, -0.15) is 0 Å². The van der Waals surface area contributed by atoms with Crippen molar-refractivity contribution in [2.75, 3.05) is 20.2 Å². The summed E-state index contributed by atoms with van der Waals surface area (Å²) in [6.07, 6.45) is 4.22. The summed E-state index contributed by atoms with van der Waals surface area (Å²) in [6.45, 7) is 5.58. The fraction of sp³-hybridized carbons (Fsp3) is 0.350. The van der Waals surface area contributed by atoms with E-state index in [0.29, 0.717) is 19.0 Å². The van der Waals surface area contributed by atoms with Crippen molar-refractivity contribution in [3.8, 4) is 22.3 Å². The molecule has 0 unspecified atom stereocenters. The van der Waals surface area contributed by atoms with Crippen LogP contribution in [0.3, 0.4) is 0 Å². The van der Waals surface area contributed by atoms with Gasteiger partial charge in [-0.25, -0.2) is 9.78 Å². The van der Waals surface area contributed by atoms with Crippen LogP contribution in [0.1, 0.15) is 57.0 Å². The predicted molar refractivity (Wildman–Crippen MR) is 194 cm³/mol. The summed E-state index contributed by atoms with van der Waals surface area (Å²) in [7, 11) is 1.32. The summed E-state index contributed by atoms with van der Waals surface area (Å²) in [6, 6.07) is 25.9. The number of hydrogen-bond acceptors (Lipinski definition) is 6. The van der Waals surface area contributed by atoms with Crippen molar-refractivity contribution in [2.45, 2.75) is 64.1 Å². The fourth-order valence-corrected chi connectivity index (χ4v) is 7.75. The lowest BCUT2D eigenvalue weighted by molar-refractivity contribution is -0.134. The van der Waals surface area contributed by atoms with E-state index < -0.39 is 12.1 Å². The molecule has 0 radical (unpaired) electrons. The number of H-pyrrole nitrogens is 1. The zero-order valence-corrected chi connectivity index (χ0v) is 28.3. The number of fused-ring (bicyclic) bond motifs is 3. The van der Waals surface area contributed by atoms with Crippen LogP contribution in [0.25, 0.3) is 44.1 Å². The molecular formula is C40H42N6O3. The highest BCUT2D eigenvalue weighted by molar-refractivity contribution is 6.01. The molecule has 9 nitrogen and oxygen atoms in total. The minimum absolute atomic E-state index is 0.0643. The molecule has 5 aromatic rings. The Balaban J connectivity index is 0.988. The zero-order valence-electron chi connectivity index (χ0n) is 28.3. The SMILES string of the molecule is COC(=O)N[C@H](C(=O)N1CCC[C@H]1C1=Nc2ccc(-c3ccc4cc(-c5ccc6nc([C@@H]7CCCN7)[nH]c6c5)ccc4c3)cc2C1)C(C)C. The highest BCUT2D eigenvalue weighted by Crippen LogP contribution is 2.36. The quantitative estimate of drug-likeness (QED) is 0.169. The summed E-state index contributed by atoms with van der Waals surface area (Å²) < 4.78 is 4.79. The van der Waals surface area contributed by atoms with Crippen LogP contribution >= 0.6 is 0 Å². The van der Waals surface area contributed by atoms with Gasteiger partial charge in [-0.1, -0.05) is 50.2 Å². The molecule has 3 aliphatic rings. The molecule has 3 atom stereocenters. The van der Waals surface area contributed by atoms with E-state index in [4.69, 9.17) is 14.7 Å². The minimum Gasteiger partial charge on any atom is -0.453 e. The number of alkyl carbamates (subject to hydrolysis) is 1. The van der Waals surface area contributed by atoms with Crippen LogP contribution in [0.15, 0.2) is 77.8 Å². The van der Waals surface area contributed by atoms with Crippen LogP contribution in [-0.2, 0) is 16.0 Å². The number of carbonyl (C=O) groups excluding carboxylic acids is 2. The van der Waals surface area contributed by atoms with Crippen LogP contribution < -0.4 is 10.6 Å². The van der Waals surface area contributed by atoms with E-state index in [2.05, 4.69) is 88.4 Å². The van der Waals surface area contributed by atoms with Gasteiger partial charge in [0.1, 0.15) is 11.9 Å². The molecule has 8 rings (SSSR count). The number of aliphatic imine (C=N–C) groups is 1. The highest BCUT2D eigenvalue weighted by atomic mass is 16.5. The van der Waals surface area contributed by atoms with Gasteiger partial charge in [0, 0.05) is 18.7 Å². The molecule has 0 aliphatic carbocycles. The molecule has 250 valence electrons. The second-order valence-corrected chi connectivity index (χ2v) is 14.0. The van der Waals surface area contributed by atoms with Gasteiger partial charge in [0.05, 0.1) is 35.9 Å². The Hall–Kier alpha value is -5.02. The smallest absolute Gasteiger partial charge is 0.407 e. The van der Waals surface area contributed by atoms with E-state index in [1.807, 2.05) is 18.7 Å². The third-order valence-electron chi connectivity index (χ3n) is 10.4. The largest absolute Gasteiger partial charge is 0.453 e. The van der Waals surface area contributed by atoms with Crippen molar-refractivity contribution < 1.29 is 14.3 Å². The van der Waals surface area contributed by atoms with Gasteiger partial charge in [0.15, 0.2) is 0 Å². The first-order valence-corrected chi connectivity index (χ1v) is 17.5. The molecule has 49 heavy (non-hydrogen) atoms. The number of nitrogens with zero attached hydrogens (tertiary/aromatic N) is 3. The number of ether oxygens (including phenoxy) is 1. The Bertz CT molecular complexity index is 2110. The topological polar surface area (TPSA) is 112 Å². The lowest BCUT2D eigenvalue weighted by Crippen LogP contribution is -2.53. The summed E-state index contributed by atoms with van der Waals surface area (Å²) in [5.41, 5.74) is 9.91. The maximum Gasteiger partial charge on any atom is 0.407 e. The molecule has 2 saturated heterocycles. The fourth-order valence-electron chi connectivity index (χ4n) is 7.75. The number of imidazole rings is 1. The van der Waals surface area contributed by atoms with Crippen LogP contribution in [0, 0.1) is 5.92 Å². The molecule has 2 fully saturated rings. The number of aromatic nitrogens is 2. The number of amides is 2. The molecule has 2 amide bonds. The standard InChI is InChI=1S/C40H42N6O3/c1-23(2)37(45-40(48)49-3)39(47)46-17-5-7-36(46)35-22-30-20-28(12-14-31(30)42-35)26-9-8-25-19-27(11-10-24(25)18-26)29-13-15-32-34(21-29)44-38(43-32)33-6-4-16-41-33/h8-15,18-21,23,33,36-37,41H,4-7,16-17,22H2,1-3H3,(H,43,44)(H,45,48)/t33-,36-,37-/m0/s1. The molecule has 0 bridgehead atoms. The monoisotopic (exact) mass is 654 g/mol. The van der Waals surface area contributed by atoms with Gasteiger partial charge in [0.25, 0.3) is 0 Å². The third-order valence-corrected chi connectivity index (χ3v) is 10.4. The van der Waals surface area contributed by atoms with Crippen molar-refractivity contribution in [1.29, 1.82) is 0 Å². The second-order valence-electron chi connectivity index (χ2n) is 14.0. The summed E-state index contributed by atoms with van der Waals surface area (Å²) >= 11 is 0. The minimum atomic E-state index is -0.639. The Kier molecular flexibility index (Phi) is 8.15. The van der Waals surface area contributed by atoms with E-state index >= 15 is 0 Å². The first kappa shape index (κ1) is 31.3. The average molecular weight is 655 g/mol. The van der Waals surface area contributed by atoms with Gasteiger partial charge >= 0.3 is 6.09 Å². The van der Waals surface area contributed by atoms with E-state index in [1.165, 1.54) is 41.0 Å². The predicted octanol–water partition coefficient (Wildman–Crippen LogP) is 7.47. The number of aromatic amines is 1. The second kappa shape index (κ2) is 12.8. The Morgan fingerprint density at radius 1 is 0.898 bits per heavy atom. The molecular weight excluding hydrogens is 612 g/mol. The van der Waals surface area contributed by atoms with Crippen molar-refractivity contribution in [3.63, 3.8) is 0 Å². The van der Waals surface area contributed by atoms with Crippen molar-refractivity contribution >= 4 is 45.2 Å². The highest BCUT2D eigenvalue weighted by Gasteiger charge is 2.38. The molecule has 9 heteroatoms. The molecule has 4 aromatic carbocycles. The van der Waals surface area contributed by atoms with Crippen molar-refractivity contribution in [2.24, 2.45) is 10.9 Å². The Morgan fingerprint density at radius 2 is 1.61 bits per heavy atom. The number of rotatable bonds is 7. The van der Waals surface area contributed by atoms with Crippen LogP contribution in [-0.4, -0.2) is 64.9 Å². The first-order chi connectivity index (χ1) is 23.8. The third kappa shape index (κ3) is 5.97. The molecule has 0 spiro atoms. The maximum absolute atomic E-state index is 13.6.